The molecule has 0 saturated carbocycles. The van der Waals surface area contributed by atoms with Crippen molar-refractivity contribution < 1.29 is 48.7 Å². The molecule has 0 aliphatic carbocycles. The van der Waals surface area contributed by atoms with Crippen LogP contribution in [0.5, 0.6) is 0 Å². The van der Waals surface area contributed by atoms with Crippen LogP contribution in [0.4, 0.5) is 43.9 Å². The number of hydrogen-bond donors (Lipinski definition) is 0. The lowest BCUT2D eigenvalue weighted by molar-refractivity contribution is -0.353. The van der Waals surface area contributed by atoms with Gasteiger partial charge in [0.05, 0.1) is 0 Å². The summed E-state index contributed by atoms with van der Waals surface area (Å²) in [6.07, 6.45) is -11.3. The molecule has 0 aromatic heterocycles. The number of hydrogen-bond acceptors (Lipinski definition) is 3. The molecule has 0 amide bonds. The number of alkyl halides is 9. The van der Waals surface area contributed by atoms with E-state index in [1.165, 1.54) is 0 Å². The summed E-state index contributed by atoms with van der Waals surface area (Å²) >= 11 is 0. The largest absolute Gasteiger partial charge is 0.460 e. The van der Waals surface area contributed by atoms with Gasteiger partial charge in [0.15, 0.2) is 0 Å². The fourth-order valence-electron chi connectivity index (χ4n) is 1.95. The van der Waals surface area contributed by atoms with E-state index in [1.54, 1.807) is 0 Å². The van der Waals surface area contributed by atoms with Crippen molar-refractivity contribution in [3.8, 4) is 0 Å². The van der Waals surface area contributed by atoms with Gasteiger partial charge in [-0.15, -0.1) is 0 Å². The van der Waals surface area contributed by atoms with Crippen molar-refractivity contribution in [1.82, 2.24) is 9.80 Å². The molecule has 0 radical (unpaired) electrons. The smallest absolute Gasteiger partial charge is 0.255 e. The van der Waals surface area contributed by atoms with Crippen molar-refractivity contribution in [3.63, 3.8) is 0 Å². The monoisotopic (exact) mass is 350 g/mol. The van der Waals surface area contributed by atoms with E-state index in [0.29, 0.717) is 0 Å². The SMILES string of the molecule is O=C(F)C(F)(F)C(F)(N1CCN(C(F)(F)F)CC1)C(F)(F)F. The Morgan fingerprint density at radius 3 is 1.36 bits per heavy atom. The predicted molar refractivity (Wildman–Crippen MR) is 50.2 cm³/mol. The van der Waals surface area contributed by atoms with Crippen LogP contribution in [0.25, 0.3) is 0 Å². The summed E-state index contributed by atoms with van der Waals surface area (Å²) < 4.78 is 127. The van der Waals surface area contributed by atoms with Gasteiger partial charge in [-0.1, -0.05) is 0 Å². The summed E-state index contributed by atoms with van der Waals surface area (Å²) in [4.78, 5) is 9.01. The second-order valence-corrected chi connectivity index (χ2v) is 4.41. The molecule has 1 aliphatic rings. The molecule has 1 rings (SSSR count). The topological polar surface area (TPSA) is 23.6 Å². The molecule has 0 aromatic rings. The third-order valence-electron chi connectivity index (χ3n) is 3.11. The molecule has 0 spiro atoms. The maximum absolute atomic E-state index is 13.9. The van der Waals surface area contributed by atoms with Gasteiger partial charge in [0.25, 0.3) is 0 Å². The summed E-state index contributed by atoms with van der Waals surface area (Å²) in [6.45, 7) is -5.36. The van der Waals surface area contributed by atoms with E-state index in [1.807, 2.05) is 0 Å². The van der Waals surface area contributed by atoms with Gasteiger partial charge in [0, 0.05) is 26.2 Å². The Bertz CT molecular complexity index is 425. The lowest BCUT2D eigenvalue weighted by Crippen LogP contribution is -2.71. The van der Waals surface area contributed by atoms with Gasteiger partial charge < -0.3 is 0 Å². The van der Waals surface area contributed by atoms with Crippen molar-refractivity contribution in [3.05, 3.63) is 0 Å². The summed E-state index contributed by atoms with van der Waals surface area (Å²) in [5, 5.41) is 0. The van der Waals surface area contributed by atoms with Crippen molar-refractivity contribution in [1.29, 1.82) is 0 Å². The fraction of sp³-hybridized carbons (Fsp3) is 0.889. The average molecular weight is 350 g/mol. The van der Waals surface area contributed by atoms with Gasteiger partial charge in [-0.3, -0.25) is 9.69 Å². The van der Waals surface area contributed by atoms with Crippen LogP contribution < -0.4 is 0 Å². The van der Waals surface area contributed by atoms with Gasteiger partial charge in [-0.25, -0.2) is 9.29 Å². The molecule has 13 heteroatoms. The first-order chi connectivity index (χ1) is 9.65. The Labute approximate surface area is 116 Å². The summed E-state index contributed by atoms with van der Waals surface area (Å²) in [7, 11) is 0. The molecule has 130 valence electrons. The van der Waals surface area contributed by atoms with E-state index >= 15 is 0 Å². The summed E-state index contributed by atoms with van der Waals surface area (Å²) in [6, 6.07) is -3.87. The van der Waals surface area contributed by atoms with Crippen molar-refractivity contribution in [2.24, 2.45) is 0 Å². The zero-order valence-corrected chi connectivity index (χ0v) is 10.4. The molecular weight excluding hydrogens is 342 g/mol. The number of rotatable bonds is 3. The Morgan fingerprint density at radius 2 is 1.09 bits per heavy atom. The van der Waals surface area contributed by atoms with Crippen molar-refractivity contribution in [2.75, 3.05) is 26.2 Å². The summed E-state index contributed by atoms with van der Waals surface area (Å²) in [5.41, 5.74) is 0. The highest BCUT2D eigenvalue weighted by molar-refractivity contribution is 5.78. The molecule has 1 atom stereocenters. The van der Waals surface area contributed by atoms with E-state index < -0.39 is 61.3 Å². The quantitative estimate of drug-likeness (QED) is 0.444. The normalized spacial score (nSPS) is 22.5. The van der Waals surface area contributed by atoms with Crippen LogP contribution in [-0.4, -0.2) is 66.2 Å². The Balaban J connectivity index is 3.11. The van der Waals surface area contributed by atoms with Crippen molar-refractivity contribution >= 4 is 6.04 Å². The second-order valence-electron chi connectivity index (χ2n) is 4.41. The van der Waals surface area contributed by atoms with Crippen LogP contribution >= 0.6 is 0 Å². The van der Waals surface area contributed by atoms with E-state index in [-0.39, 0.29) is 4.90 Å². The van der Waals surface area contributed by atoms with Crippen molar-refractivity contribution in [2.45, 2.75) is 24.2 Å². The van der Waals surface area contributed by atoms with Crippen LogP contribution in [0.15, 0.2) is 0 Å². The number of nitrogens with zero attached hydrogens (tertiary/aromatic N) is 2. The average Bonchev–Trinajstić information content (AvgIpc) is 2.35. The molecule has 3 nitrogen and oxygen atoms in total. The van der Waals surface area contributed by atoms with Crippen LogP contribution in [0.1, 0.15) is 0 Å². The molecule has 22 heavy (non-hydrogen) atoms. The third-order valence-corrected chi connectivity index (χ3v) is 3.11. The fourth-order valence-corrected chi connectivity index (χ4v) is 1.95. The van der Waals surface area contributed by atoms with Crippen LogP contribution in [0.2, 0.25) is 0 Å². The first-order valence-corrected chi connectivity index (χ1v) is 5.56. The van der Waals surface area contributed by atoms with E-state index in [0.717, 1.165) is 0 Å². The molecule has 0 aromatic carbocycles. The molecule has 0 N–H and O–H groups in total. The van der Waals surface area contributed by atoms with Gasteiger partial charge in [0.2, 0.25) is 0 Å². The van der Waals surface area contributed by atoms with Gasteiger partial charge in [-0.05, 0) is 0 Å². The second kappa shape index (κ2) is 5.51. The molecule has 1 heterocycles. The number of carbonyl (C=O) groups excluding carboxylic acids is 1. The van der Waals surface area contributed by atoms with Gasteiger partial charge in [-0.2, -0.15) is 39.5 Å². The zero-order valence-electron chi connectivity index (χ0n) is 10.4. The predicted octanol–water partition coefficient (Wildman–Crippen LogP) is 2.48. The Morgan fingerprint density at radius 1 is 0.727 bits per heavy atom. The summed E-state index contributed by atoms with van der Waals surface area (Å²) in [5.74, 6) is -11.8. The maximum atomic E-state index is 13.9. The third kappa shape index (κ3) is 3.00. The Kier molecular flexibility index (Phi) is 4.74. The van der Waals surface area contributed by atoms with Crippen LogP contribution in [-0.2, 0) is 4.79 Å². The molecule has 1 fully saturated rings. The highest BCUT2D eigenvalue weighted by atomic mass is 19.4. The molecule has 1 saturated heterocycles. The Hall–Kier alpha value is -1.11. The minimum Gasteiger partial charge on any atom is -0.255 e. The van der Waals surface area contributed by atoms with Crippen LogP contribution in [0.3, 0.4) is 0 Å². The van der Waals surface area contributed by atoms with Crippen LogP contribution in [0, 0.1) is 0 Å². The lowest BCUT2D eigenvalue weighted by Gasteiger charge is -2.45. The standard InChI is InChI=1S/C9H8F10N2O/c10-5(22)6(11,12)7(13,8(14,15)16)20-1-3-21(4-2-20)9(17,18)19/h1-4H2. The molecule has 1 aliphatic heterocycles. The zero-order chi connectivity index (χ0) is 17.6. The molecule has 0 bridgehead atoms. The number of piperazine rings is 1. The highest BCUT2D eigenvalue weighted by Crippen LogP contribution is 2.48. The number of carbonyl (C=O) groups is 1. The number of halogens is 10. The highest BCUT2D eigenvalue weighted by Gasteiger charge is 2.78. The van der Waals surface area contributed by atoms with E-state index in [9.17, 15) is 48.7 Å². The minimum absolute atomic E-state index is 0.324. The lowest BCUT2D eigenvalue weighted by atomic mass is 10.0. The molecular formula is C9H8F10N2O. The van der Waals surface area contributed by atoms with Gasteiger partial charge >= 0.3 is 30.2 Å². The van der Waals surface area contributed by atoms with E-state index in [4.69, 9.17) is 0 Å². The van der Waals surface area contributed by atoms with Gasteiger partial charge in [0.1, 0.15) is 0 Å². The molecule has 1 unspecified atom stereocenters. The maximum Gasteiger partial charge on any atom is 0.460 e. The van der Waals surface area contributed by atoms with E-state index in [2.05, 4.69) is 0 Å². The first kappa shape index (κ1) is 18.9. The minimum atomic E-state index is -6.40. The first-order valence-electron chi connectivity index (χ1n) is 5.56.